The van der Waals surface area contributed by atoms with E-state index in [0.29, 0.717) is 30.4 Å². The van der Waals surface area contributed by atoms with Crippen LogP contribution in [0, 0.1) is 5.92 Å². The lowest BCUT2D eigenvalue weighted by Crippen LogP contribution is -2.29. The maximum absolute atomic E-state index is 12.6. The van der Waals surface area contributed by atoms with Gasteiger partial charge < -0.3 is 10.0 Å². The average Bonchev–Trinajstić information content (AvgIpc) is 3.16. The molecule has 1 saturated heterocycles. The van der Waals surface area contributed by atoms with Gasteiger partial charge in [-0.3, -0.25) is 9.78 Å². The number of aromatic nitrogens is 2. The first-order valence-electron chi connectivity index (χ1n) is 7.87. The Balaban J connectivity index is 1.66. The van der Waals surface area contributed by atoms with Crippen molar-refractivity contribution >= 4 is 17.2 Å². The van der Waals surface area contributed by atoms with Gasteiger partial charge in [0, 0.05) is 36.3 Å². The van der Waals surface area contributed by atoms with Crippen molar-refractivity contribution in [2.75, 3.05) is 13.1 Å². The van der Waals surface area contributed by atoms with E-state index in [-0.39, 0.29) is 11.8 Å². The summed E-state index contributed by atoms with van der Waals surface area (Å²) in [7, 11) is 0. The highest BCUT2D eigenvalue weighted by Crippen LogP contribution is 2.24. The van der Waals surface area contributed by atoms with E-state index in [2.05, 4.69) is 23.8 Å². The molecule has 2 aromatic rings. The van der Waals surface area contributed by atoms with Crippen LogP contribution in [0.1, 0.15) is 41.0 Å². The number of carbonyl (C=O) groups is 1. The second-order valence-corrected chi connectivity index (χ2v) is 7.15. The predicted molar refractivity (Wildman–Crippen MR) is 89.5 cm³/mol. The molecule has 6 heteroatoms. The van der Waals surface area contributed by atoms with Crippen molar-refractivity contribution in [3.05, 3.63) is 46.2 Å². The van der Waals surface area contributed by atoms with E-state index < -0.39 is 6.10 Å². The normalized spacial score (nSPS) is 21.1. The maximum atomic E-state index is 12.6. The molecule has 0 bridgehead atoms. The van der Waals surface area contributed by atoms with E-state index in [4.69, 9.17) is 0 Å². The maximum Gasteiger partial charge on any atom is 0.282 e. The minimum Gasteiger partial charge on any atom is -0.391 e. The third-order valence-corrected chi connectivity index (χ3v) is 5.04. The fourth-order valence-electron chi connectivity index (χ4n) is 2.79. The number of nitrogens with zero attached hydrogens (tertiary/aromatic N) is 3. The number of pyridine rings is 1. The molecule has 1 aliphatic heterocycles. The second kappa shape index (κ2) is 6.76. The smallest absolute Gasteiger partial charge is 0.282 e. The van der Waals surface area contributed by atoms with Crippen LogP contribution in [0.15, 0.2) is 29.8 Å². The molecule has 23 heavy (non-hydrogen) atoms. The zero-order valence-corrected chi connectivity index (χ0v) is 14.2. The van der Waals surface area contributed by atoms with E-state index in [1.54, 1.807) is 11.1 Å². The summed E-state index contributed by atoms with van der Waals surface area (Å²) in [6.45, 7) is 5.04. The molecule has 1 N–H and O–H groups in total. The molecule has 0 aliphatic carbocycles. The van der Waals surface area contributed by atoms with E-state index in [0.717, 1.165) is 11.4 Å². The van der Waals surface area contributed by atoms with Gasteiger partial charge in [-0.25, -0.2) is 4.98 Å². The Morgan fingerprint density at radius 3 is 2.91 bits per heavy atom. The Labute approximate surface area is 140 Å². The summed E-state index contributed by atoms with van der Waals surface area (Å²) >= 11 is 1.38. The van der Waals surface area contributed by atoms with Gasteiger partial charge in [-0.2, -0.15) is 0 Å². The van der Waals surface area contributed by atoms with Gasteiger partial charge in [0.2, 0.25) is 0 Å². The second-order valence-electron chi connectivity index (χ2n) is 6.29. The summed E-state index contributed by atoms with van der Waals surface area (Å²) in [5, 5.41) is 12.7. The number of hydrogen-bond donors (Lipinski definition) is 1. The summed E-state index contributed by atoms with van der Waals surface area (Å²) in [4.78, 5) is 23.0. The average molecular weight is 331 g/mol. The summed E-state index contributed by atoms with van der Waals surface area (Å²) in [6, 6.07) is 5.77. The lowest BCUT2D eigenvalue weighted by molar-refractivity contribution is 0.0764. The van der Waals surface area contributed by atoms with Crippen LogP contribution < -0.4 is 0 Å². The molecule has 0 aromatic carbocycles. The molecule has 2 atom stereocenters. The molecule has 0 saturated carbocycles. The monoisotopic (exact) mass is 331 g/mol. The van der Waals surface area contributed by atoms with Crippen molar-refractivity contribution in [3.8, 4) is 0 Å². The Morgan fingerprint density at radius 1 is 1.43 bits per heavy atom. The number of rotatable bonds is 4. The summed E-state index contributed by atoms with van der Waals surface area (Å²) in [5.74, 6) is 0.261. The van der Waals surface area contributed by atoms with Crippen LogP contribution in [0.4, 0.5) is 0 Å². The number of β-amino-alcohol motifs (C(OH)–C–C–N with tert-alkyl or cyclic N) is 1. The van der Waals surface area contributed by atoms with Crippen LogP contribution >= 0.6 is 11.3 Å². The van der Waals surface area contributed by atoms with Crippen LogP contribution in [-0.4, -0.2) is 45.1 Å². The van der Waals surface area contributed by atoms with E-state index in [9.17, 15) is 9.90 Å². The van der Waals surface area contributed by atoms with Crippen molar-refractivity contribution in [2.24, 2.45) is 5.92 Å². The molecule has 1 aliphatic rings. The molecule has 0 radical (unpaired) electrons. The highest BCUT2D eigenvalue weighted by molar-refractivity contribution is 7.11. The highest BCUT2D eigenvalue weighted by Gasteiger charge is 2.35. The molecule has 1 amide bonds. The molecule has 0 spiro atoms. The van der Waals surface area contributed by atoms with Crippen molar-refractivity contribution < 1.29 is 9.90 Å². The van der Waals surface area contributed by atoms with Crippen LogP contribution in [0.2, 0.25) is 0 Å². The quantitative estimate of drug-likeness (QED) is 0.934. The Hall–Kier alpha value is -1.79. The first-order valence-corrected chi connectivity index (χ1v) is 8.75. The summed E-state index contributed by atoms with van der Waals surface area (Å²) in [6.07, 6.45) is 1.93. The van der Waals surface area contributed by atoms with Crippen molar-refractivity contribution in [3.63, 3.8) is 0 Å². The van der Waals surface area contributed by atoms with Crippen LogP contribution in [-0.2, 0) is 6.42 Å². The zero-order valence-electron chi connectivity index (χ0n) is 13.3. The standard InChI is InChI=1S/C17H21N3O2S/c1-11(2)14-10-23-16(19-14)17(22)20-8-12(15(21)9-20)7-13-5-3-4-6-18-13/h3-6,10-12,15,21H,7-9H2,1-2H3/t12-,15-/m1/s1. The number of carbonyl (C=O) groups excluding carboxylic acids is 1. The van der Waals surface area contributed by atoms with Crippen molar-refractivity contribution in [1.82, 2.24) is 14.9 Å². The third kappa shape index (κ3) is 3.59. The molecular formula is C17H21N3O2S. The highest BCUT2D eigenvalue weighted by atomic mass is 32.1. The molecule has 3 rings (SSSR count). The Kier molecular flexibility index (Phi) is 4.73. The summed E-state index contributed by atoms with van der Waals surface area (Å²) in [5.41, 5.74) is 1.89. The van der Waals surface area contributed by atoms with Gasteiger partial charge in [0.15, 0.2) is 5.01 Å². The molecule has 3 heterocycles. The number of aliphatic hydroxyl groups excluding tert-OH is 1. The topological polar surface area (TPSA) is 66.3 Å². The minimum atomic E-state index is -0.509. The Bertz CT molecular complexity index is 671. The zero-order chi connectivity index (χ0) is 16.4. The number of hydrogen-bond acceptors (Lipinski definition) is 5. The minimum absolute atomic E-state index is 0.0263. The van der Waals surface area contributed by atoms with Gasteiger partial charge in [-0.15, -0.1) is 11.3 Å². The number of aliphatic hydroxyl groups is 1. The van der Waals surface area contributed by atoms with Gasteiger partial charge >= 0.3 is 0 Å². The van der Waals surface area contributed by atoms with Crippen LogP contribution in [0.3, 0.4) is 0 Å². The van der Waals surface area contributed by atoms with Crippen molar-refractivity contribution in [1.29, 1.82) is 0 Å². The number of thiazole rings is 1. The molecule has 0 unspecified atom stereocenters. The van der Waals surface area contributed by atoms with E-state index in [1.807, 2.05) is 23.6 Å². The molecule has 1 fully saturated rings. The van der Waals surface area contributed by atoms with Gasteiger partial charge in [-0.05, 0) is 24.5 Å². The van der Waals surface area contributed by atoms with Crippen molar-refractivity contribution in [2.45, 2.75) is 32.3 Å². The van der Waals surface area contributed by atoms with Crippen LogP contribution in [0.5, 0.6) is 0 Å². The van der Waals surface area contributed by atoms with Gasteiger partial charge in [-0.1, -0.05) is 19.9 Å². The molecular weight excluding hydrogens is 310 g/mol. The predicted octanol–water partition coefficient (Wildman–Crippen LogP) is 2.34. The molecule has 122 valence electrons. The fourth-order valence-corrected chi connectivity index (χ4v) is 3.74. The fraction of sp³-hybridized carbons (Fsp3) is 0.471. The lowest BCUT2D eigenvalue weighted by Gasteiger charge is -2.14. The third-order valence-electron chi connectivity index (χ3n) is 4.19. The lowest BCUT2D eigenvalue weighted by atomic mass is 10.00. The largest absolute Gasteiger partial charge is 0.391 e. The number of amides is 1. The van der Waals surface area contributed by atoms with Gasteiger partial charge in [0.05, 0.1) is 11.8 Å². The number of likely N-dealkylation sites (tertiary alicyclic amines) is 1. The first kappa shape index (κ1) is 16.1. The van der Waals surface area contributed by atoms with Gasteiger partial charge in [0.1, 0.15) is 0 Å². The van der Waals surface area contributed by atoms with Crippen LogP contribution in [0.25, 0.3) is 0 Å². The van der Waals surface area contributed by atoms with E-state index in [1.165, 1.54) is 11.3 Å². The molecule has 5 nitrogen and oxygen atoms in total. The van der Waals surface area contributed by atoms with Gasteiger partial charge in [0.25, 0.3) is 5.91 Å². The SMILES string of the molecule is CC(C)c1csc(C(=O)N2C[C@@H](Cc3ccccn3)[C@H](O)C2)n1. The van der Waals surface area contributed by atoms with E-state index >= 15 is 0 Å². The summed E-state index contributed by atoms with van der Waals surface area (Å²) < 4.78 is 0. The Morgan fingerprint density at radius 2 is 2.26 bits per heavy atom. The first-order chi connectivity index (χ1) is 11.0. The molecule has 2 aromatic heterocycles.